The maximum absolute atomic E-state index is 11.4. The third-order valence-corrected chi connectivity index (χ3v) is 3.85. The number of rotatable bonds is 4. The van der Waals surface area contributed by atoms with Crippen molar-refractivity contribution in [3.63, 3.8) is 0 Å². The molecule has 1 amide bonds. The molecule has 3 heterocycles. The molecule has 7 heteroatoms. The molecule has 0 saturated carbocycles. The highest BCUT2D eigenvalue weighted by molar-refractivity contribution is 5.84. The maximum Gasteiger partial charge on any atom is 0.411 e. The van der Waals surface area contributed by atoms with E-state index < -0.39 is 6.09 Å². The molecule has 7 nitrogen and oxygen atoms in total. The molecule has 1 aliphatic heterocycles. The van der Waals surface area contributed by atoms with E-state index in [0.29, 0.717) is 12.3 Å². The highest BCUT2D eigenvalue weighted by atomic mass is 16.5. The Morgan fingerprint density at radius 1 is 1.08 bits per heavy atom. The van der Waals surface area contributed by atoms with Gasteiger partial charge in [-0.15, -0.1) is 0 Å². The van der Waals surface area contributed by atoms with Crippen LogP contribution in [0.15, 0.2) is 42.7 Å². The van der Waals surface area contributed by atoms with Gasteiger partial charge in [0.1, 0.15) is 11.6 Å². The van der Waals surface area contributed by atoms with Gasteiger partial charge >= 0.3 is 6.09 Å². The largest absolute Gasteiger partial charge is 0.450 e. The van der Waals surface area contributed by atoms with Crippen LogP contribution in [0.2, 0.25) is 0 Å². The molecule has 0 spiro atoms. The van der Waals surface area contributed by atoms with Crippen molar-refractivity contribution in [1.82, 2.24) is 9.97 Å². The fourth-order valence-corrected chi connectivity index (χ4v) is 2.64. The predicted molar refractivity (Wildman–Crippen MR) is 93.5 cm³/mol. The van der Waals surface area contributed by atoms with Gasteiger partial charge in [-0.1, -0.05) is 6.07 Å². The zero-order valence-corrected chi connectivity index (χ0v) is 13.7. The van der Waals surface area contributed by atoms with Crippen molar-refractivity contribution in [2.75, 3.05) is 47.9 Å². The van der Waals surface area contributed by atoms with E-state index in [1.165, 1.54) is 0 Å². The van der Waals surface area contributed by atoms with Crippen LogP contribution < -0.4 is 15.1 Å². The number of anilines is 3. The summed E-state index contributed by atoms with van der Waals surface area (Å²) in [6.07, 6.45) is 3.01. The maximum atomic E-state index is 11.4. The minimum atomic E-state index is -0.462. The molecule has 0 radical (unpaired) electrons. The van der Waals surface area contributed by atoms with Gasteiger partial charge < -0.3 is 14.5 Å². The van der Waals surface area contributed by atoms with Crippen molar-refractivity contribution >= 4 is 23.4 Å². The molecule has 24 heavy (non-hydrogen) atoms. The molecule has 0 bridgehead atoms. The van der Waals surface area contributed by atoms with Gasteiger partial charge in [0.2, 0.25) is 0 Å². The van der Waals surface area contributed by atoms with Gasteiger partial charge in [0, 0.05) is 32.4 Å². The van der Waals surface area contributed by atoms with Crippen LogP contribution >= 0.6 is 0 Å². The number of piperazine rings is 1. The van der Waals surface area contributed by atoms with E-state index >= 15 is 0 Å². The van der Waals surface area contributed by atoms with Crippen molar-refractivity contribution in [2.24, 2.45) is 0 Å². The predicted octanol–water partition coefficient (Wildman–Crippen LogP) is 2.37. The number of amides is 1. The van der Waals surface area contributed by atoms with E-state index in [2.05, 4.69) is 25.1 Å². The Morgan fingerprint density at radius 2 is 1.79 bits per heavy atom. The van der Waals surface area contributed by atoms with E-state index in [9.17, 15) is 4.79 Å². The second-order valence-corrected chi connectivity index (χ2v) is 5.41. The van der Waals surface area contributed by atoms with Gasteiger partial charge in [-0.3, -0.25) is 5.32 Å². The lowest BCUT2D eigenvalue weighted by atomic mass is 10.3. The molecular formula is C17H21N5O2. The first-order chi connectivity index (χ1) is 11.8. The molecule has 1 saturated heterocycles. The van der Waals surface area contributed by atoms with E-state index in [-0.39, 0.29) is 0 Å². The van der Waals surface area contributed by atoms with Crippen LogP contribution in [-0.4, -0.2) is 48.8 Å². The minimum Gasteiger partial charge on any atom is -0.450 e. The van der Waals surface area contributed by atoms with Crippen LogP contribution in [0, 0.1) is 0 Å². The summed E-state index contributed by atoms with van der Waals surface area (Å²) in [5.74, 6) is 1.92. The zero-order valence-electron chi connectivity index (χ0n) is 13.7. The van der Waals surface area contributed by atoms with E-state index in [1.54, 1.807) is 13.1 Å². The summed E-state index contributed by atoms with van der Waals surface area (Å²) in [7, 11) is 0. The number of aromatic nitrogens is 2. The Balaban J connectivity index is 1.55. The first-order valence-corrected chi connectivity index (χ1v) is 8.07. The van der Waals surface area contributed by atoms with Crippen molar-refractivity contribution in [3.05, 3.63) is 42.7 Å². The summed E-state index contributed by atoms with van der Waals surface area (Å²) >= 11 is 0. The smallest absolute Gasteiger partial charge is 0.411 e. The topological polar surface area (TPSA) is 70.6 Å². The molecule has 0 aliphatic carbocycles. The van der Waals surface area contributed by atoms with Crippen molar-refractivity contribution in [3.8, 4) is 0 Å². The van der Waals surface area contributed by atoms with Crippen molar-refractivity contribution < 1.29 is 9.53 Å². The van der Waals surface area contributed by atoms with Gasteiger partial charge in [0.05, 0.1) is 18.5 Å². The average molecular weight is 327 g/mol. The molecular weight excluding hydrogens is 306 g/mol. The highest BCUT2D eigenvalue weighted by Crippen LogP contribution is 2.18. The fourth-order valence-electron chi connectivity index (χ4n) is 2.64. The zero-order chi connectivity index (χ0) is 16.8. The van der Waals surface area contributed by atoms with Gasteiger partial charge in [0.25, 0.3) is 0 Å². The third-order valence-electron chi connectivity index (χ3n) is 3.85. The Hall–Kier alpha value is -2.83. The van der Waals surface area contributed by atoms with Crippen LogP contribution in [0.25, 0.3) is 0 Å². The van der Waals surface area contributed by atoms with Crippen LogP contribution in [0.4, 0.5) is 22.1 Å². The van der Waals surface area contributed by atoms with Crippen LogP contribution in [0.5, 0.6) is 0 Å². The second kappa shape index (κ2) is 7.63. The number of carbonyl (C=O) groups is 1. The first kappa shape index (κ1) is 16.0. The standard InChI is InChI=1S/C17H21N5O2/c1-2-24-17(23)20-14-6-7-16(19-13-14)22-11-9-21(10-12-22)15-5-3-4-8-18-15/h3-8,13H,2,9-12H2,1H3,(H,20,23). The van der Waals surface area contributed by atoms with Crippen LogP contribution in [0.3, 0.4) is 0 Å². The van der Waals surface area contributed by atoms with Gasteiger partial charge in [-0.25, -0.2) is 14.8 Å². The molecule has 3 rings (SSSR count). The number of ether oxygens (including phenoxy) is 1. The molecule has 0 atom stereocenters. The first-order valence-electron chi connectivity index (χ1n) is 8.07. The average Bonchev–Trinajstić information content (AvgIpc) is 2.63. The Morgan fingerprint density at radius 3 is 2.33 bits per heavy atom. The molecule has 2 aromatic rings. The summed E-state index contributed by atoms with van der Waals surface area (Å²) in [5, 5.41) is 2.64. The lowest BCUT2D eigenvalue weighted by Gasteiger charge is -2.36. The summed E-state index contributed by atoms with van der Waals surface area (Å²) in [5.41, 5.74) is 0.629. The van der Waals surface area contributed by atoms with E-state index in [4.69, 9.17) is 4.74 Å². The molecule has 0 aromatic carbocycles. The summed E-state index contributed by atoms with van der Waals surface area (Å²) in [6, 6.07) is 9.72. The molecule has 2 aromatic heterocycles. The lowest BCUT2D eigenvalue weighted by Crippen LogP contribution is -2.47. The molecule has 126 valence electrons. The van der Waals surface area contributed by atoms with E-state index in [1.807, 2.05) is 36.5 Å². The number of pyridine rings is 2. The molecule has 1 fully saturated rings. The minimum absolute atomic E-state index is 0.345. The lowest BCUT2D eigenvalue weighted by molar-refractivity contribution is 0.168. The number of nitrogens with one attached hydrogen (secondary N) is 1. The molecule has 0 unspecified atom stereocenters. The van der Waals surface area contributed by atoms with Crippen molar-refractivity contribution in [2.45, 2.75) is 6.92 Å². The SMILES string of the molecule is CCOC(=O)Nc1ccc(N2CCN(c3ccccn3)CC2)nc1. The molecule has 1 N–H and O–H groups in total. The Kier molecular flexibility index (Phi) is 5.10. The number of hydrogen-bond acceptors (Lipinski definition) is 6. The highest BCUT2D eigenvalue weighted by Gasteiger charge is 2.18. The summed E-state index contributed by atoms with van der Waals surface area (Å²) in [6.45, 7) is 5.69. The second-order valence-electron chi connectivity index (χ2n) is 5.41. The Bertz CT molecular complexity index is 654. The van der Waals surface area contributed by atoms with Gasteiger partial charge in [0.15, 0.2) is 0 Å². The Labute approximate surface area is 141 Å². The van der Waals surface area contributed by atoms with Crippen LogP contribution in [-0.2, 0) is 4.74 Å². The fraction of sp³-hybridized carbons (Fsp3) is 0.353. The summed E-state index contributed by atoms with van der Waals surface area (Å²) in [4.78, 5) is 24.7. The van der Waals surface area contributed by atoms with Crippen LogP contribution in [0.1, 0.15) is 6.92 Å². The van der Waals surface area contributed by atoms with E-state index in [0.717, 1.165) is 37.8 Å². The number of nitrogens with zero attached hydrogens (tertiary/aromatic N) is 4. The normalized spacial score (nSPS) is 14.4. The number of hydrogen-bond donors (Lipinski definition) is 1. The van der Waals surface area contributed by atoms with Gasteiger partial charge in [-0.2, -0.15) is 0 Å². The number of carbonyl (C=O) groups excluding carboxylic acids is 1. The monoisotopic (exact) mass is 327 g/mol. The summed E-state index contributed by atoms with van der Waals surface area (Å²) < 4.78 is 4.85. The van der Waals surface area contributed by atoms with Crippen molar-refractivity contribution in [1.29, 1.82) is 0 Å². The van der Waals surface area contributed by atoms with Gasteiger partial charge in [-0.05, 0) is 31.2 Å². The molecule has 1 aliphatic rings. The quantitative estimate of drug-likeness (QED) is 0.930. The third kappa shape index (κ3) is 3.92.